The van der Waals surface area contributed by atoms with Crippen LogP contribution in [0.25, 0.3) is 0 Å². The van der Waals surface area contributed by atoms with Crippen molar-refractivity contribution in [2.24, 2.45) is 5.92 Å². The number of hydrogen-bond donors (Lipinski definition) is 0. The molecule has 0 aromatic heterocycles. The van der Waals surface area contributed by atoms with Crippen molar-refractivity contribution in [2.45, 2.75) is 65.9 Å². The van der Waals surface area contributed by atoms with Crippen LogP contribution in [0.5, 0.6) is 0 Å². The van der Waals surface area contributed by atoms with Crippen LogP contribution in [0.2, 0.25) is 0 Å². The van der Waals surface area contributed by atoms with E-state index in [-0.39, 0.29) is 24.0 Å². The van der Waals surface area contributed by atoms with Crippen molar-refractivity contribution in [3.05, 3.63) is 0 Å². The van der Waals surface area contributed by atoms with Crippen molar-refractivity contribution in [3.63, 3.8) is 0 Å². The van der Waals surface area contributed by atoms with Gasteiger partial charge in [0.15, 0.2) is 0 Å². The summed E-state index contributed by atoms with van der Waals surface area (Å²) < 4.78 is 10.3. The van der Waals surface area contributed by atoms with Crippen molar-refractivity contribution in [1.29, 1.82) is 0 Å². The van der Waals surface area contributed by atoms with Crippen LogP contribution in [0.15, 0.2) is 0 Å². The molecule has 0 bridgehead atoms. The highest BCUT2D eigenvalue weighted by atomic mass is 16.5. The normalized spacial score (nSPS) is 13.8. The number of hydrogen-bond acceptors (Lipinski definition) is 4. The topological polar surface area (TPSA) is 52.6 Å². The van der Waals surface area contributed by atoms with Gasteiger partial charge in [-0.25, -0.2) is 0 Å². The predicted molar refractivity (Wildman–Crippen MR) is 70.1 cm³/mol. The average molecular weight is 258 g/mol. The van der Waals surface area contributed by atoms with Crippen LogP contribution < -0.4 is 0 Å². The molecule has 4 nitrogen and oxygen atoms in total. The smallest absolute Gasteiger partial charge is 0.302 e. The Morgan fingerprint density at radius 3 is 2.22 bits per heavy atom. The van der Waals surface area contributed by atoms with Crippen molar-refractivity contribution in [1.82, 2.24) is 0 Å². The molecule has 0 aliphatic carbocycles. The van der Waals surface area contributed by atoms with E-state index in [1.807, 2.05) is 6.92 Å². The number of unbranched alkanes of at least 4 members (excludes halogenated alkanes) is 2. The number of esters is 2. The fraction of sp³-hybridized carbons (Fsp3) is 0.857. The van der Waals surface area contributed by atoms with Crippen LogP contribution in [-0.2, 0) is 19.1 Å². The number of carbonyl (C=O) groups excluding carboxylic acids is 2. The molecular weight excluding hydrogens is 232 g/mol. The van der Waals surface area contributed by atoms with E-state index in [1.54, 1.807) is 0 Å². The minimum atomic E-state index is -0.266. The Kier molecular flexibility index (Phi) is 9.33. The highest BCUT2D eigenvalue weighted by Gasteiger charge is 2.20. The third-order valence-electron chi connectivity index (χ3n) is 2.92. The Hall–Kier alpha value is -1.06. The fourth-order valence-electron chi connectivity index (χ4n) is 1.84. The molecule has 106 valence electrons. The second kappa shape index (κ2) is 9.92. The van der Waals surface area contributed by atoms with Gasteiger partial charge in [-0.15, -0.1) is 0 Å². The number of ether oxygens (including phenoxy) is 2. The summed E-state index contributed by atoms with van der Waals surface area (Å²) in [5.41, 5.74) is 0. The van der Waals surface area contributed by atoms with Crippen molar-refractivity contribution >= 4 is 11.9 Å². The molecule has 0 saturated carbocycles. The summed E-state index contributed by atoms with van der Waals surface area (Å²) in [6.07, 6.45) is 4.90. The molecule has 0 rings (SSSR count). The first kappa shape index (κ1) is 16.9. The van der Waals surface area contributed by atoms with Crippen LogP contribution >= 0.6 is 0 Å². The molecule has 0 amide bonds. The maximum Gasteiger partial charge on any atom is 0.302 e. The summed E-state index contributed by atoms with van der Waals surface area (Å²) in [5, 5.41) is 0. The largest absolute Gasteiger partial charge is 0.466 e. The predicted octanol–water partition coefficient (Wildman–Crippen LogP) is 3.09. The molecule has 0 unspecified atom stereocenters. The molecule has 0 spiro atoms. The van der Waals surface area contributed by atoms with E-state index in [9.17, 15) is 9.59 Å². The van der Waals surface area contributed by atoms with Crippen molar-refractivity contribution < 1.29 is 19.1 Å². The zero-order chi connectivity index (χ0) is 14.0. The molecule has 0 radical (unpaired) electrons. The molecule has 0 aliphatic heterocycles. The standard InChI is InChI=1S/C14H26O4/c1-5-6-7-8-14(18-13(4)16)11(2)9-10-17-12(3)15/h11,14H,5-10H2,1-4H3/t11-,14+/m0/s1. The summed E-state index contributed by atoms with van der Waals surface area (Å²) in [4.78, 5) is 21.7. The van der Waals surface area contributed by atoms with Gasteiger partial charge in [0.1, 0.15) is 6.10 Å². The Bertz CT molecular complexity index is 250. The van der Waals surface area contributed by atoms with E-state index >= 15 is 0 Å². The number of rotatable bonds is 9. The average Bonchev–Trinajstić information content (AvgIpc) is 2.26. The molecule has 4 heteroatoms. The van der Waals surface area contributed by atoms with E-state index < -0.39 is 0 Å². The van der Waals surface area contributed by atoms with Gasteiger partial charge in [-0.2, -0.15) is 0 Å². The zero-order valence-corrected chi connectivity index (χ0v) is 12.0. The molecule has 2 atom stereocenters. The van der Waals surface area contributed by atoms with Crippen LogP contribution in [0.4, 0.5) is 0 Å². The van der Waals surface area contributed by atoms with Crippen LogP contribution in [0.1, 0.15) is 59.8 Å². The first-order valence-electron chi connectivity index (χ1n) is 6.78. The molecule has 0 N–H and O–H groups in total. The van der Waals surface area contributed by atoms with Gasteiger partial charge in [0.05, 0.1) is 6.61 Å². The summed E-state index contributed by atoms with van der Waals surface area (Å²) in [6, 6.07) is 0. The van der Waals surface area contributed by atoms with Gasteiger partial charge in [-0.05, 0) is 25.2 Å². The third kappa shape index (κ3) is 9.02. The highest BCUT2D eigenvalue weighted by molar-refractivity contribution is 5.66. The van der Waals surface area contributed by atoms with E-state index in [0.29, 0.717) is 6.61 Å². The molecule has 0 fully saturated rings. The van der Waals surface area contributed by atoms with Gasteiger partial charge in [-0.1, -0.05) is 26.7 Å². The maximum atomic E-state index is 11.1. The van der Waals surface area contributed by atoms with Gasteiger partial charge in [0.2, 0.25) is 0 Å². The molecule has 0 aromatic carbocycles. The highest BCUT2D eigenvalue weighted by Crippen LogP contribution is 2.19. The molecule has 0 heterocycles. The molecule has 0 aliphatic rings. The van der Waals surface area contributed by atoms with Crippen LogP contribution in [-0.4, -0.2) is 24.6 Å². The fourth-order valence-corrected chi connectivity index (χ4v) is 1.84. The van der Waals surface area contributed by atoms with E-state index in [0.717, 1.165) is 32.1 Å². The first-order valence-corrected chi connectivity index (χ1v) is 6.78. The van der Waals surface area contributed by atoms with Gasteiger partial charge < -0.3 is 9.47 Å². The Labute approximate surface area is 110 Å². The number of carbonyl (C=O) groups is 2. The van der Waals surface area contributed by atoms with Gasteiger partial charge in [-0.3, -0.25) is 9.59 Å². The van der Waals surface area contributed by atoms with E-state index in [4.69, 9.17) is 9.47 Å². The van der Waals surface area contributed by atoms with Crippen LogP contribution in [0, 0.1) is 5.92 Å². The van der Waals surface area contributed by atoms with Crippen molar-refractivity contribution in [3.8, 4) is 0 Å². The van der Waals surface area contributed by atoms with E-state index in [2.05, 4.69) is 6.92 Å². The second-order valence-corrected chi connectivity index (χ2v) is 4.75. The minimum absolute atomic E-state index is 0.0652. The lowest BCUT2D eigenvalue weighted by atomic mass is 9.96. The SMILES string of the molecule is CCCCC[C@@H](OC(C)=O)[C@@H](C)CCOC(C)=O. The Morgan fingerprint density at radius 1 is 1.06 bits per heavy atom. The van der Waals surface area contributed by atoms with Crippen molar-refractivity contribution in [2.75, 3.05) is 6.61 Å². The zero-order valence-electron chi connectivity index (χ0n) is 12.0. The first-order chi connectivity index (χ1) is 8.47. The summed E-state index contributed by atoms with van der Waals surface area (Å²) in [5.74, 6) is -0.293. The van der Waals surface area contributed by atoms with E-state index in [1.165, 1.54) is 13.8 Å². The third-order valence-corrected chi connectivity index (χ3v) is 2.92. The Morgan fingerprint density at radius 2 is 1.72 bits per heavy atom. The summed E-state index contributed by atoms with van der Waals surface area (Å²) in [6.45, 7) is 7.40. The Balaban J connectivity index is 4.08. The monoisotopic (exact) mass is 258 g/mol. The molecule has 0 saturated heterocycles. The lowest BCUT2D eigenvalue weighted by molar-refractivity contribution is -0.151. The minimum Gasteiger partial charge on any atom is -0.466 e. The van der Waals surface area contributed by atoms with Gasteiger partial charge >= 0.3 is 11.9 Å². The molecule has 18 heavy (non-hydrogen) atoms. The second-order valence-electron chi connectivity index (χ2n) is 4.75. The maximum absolute atomic E-state index is 11.1. The lowest BCUT2D eigenvalue weighted by Crippen LogP contribution is -2.25. The lowest BCUT2D eigenvalue weighted by Gasteiger charge is -2.23. The summed E-state index contributed by atoms with van der Waals surface area (Å²) in [7, 11) is 0. The van der Waals surface area contributed by atoms with Gasteiger partial charge in [0, 0.05) is 13.8 Å². The van der Waals surface area contributed by atoms with Crippen LogP contribution in [0.3, 0.4) is 0 Å². The van der Waals surface area contributed by atoms with Gasteiger partial charge in [0.25, 0.3) is 0 Å². The summed E-state index contributed by atoms with van der Waals surface area (Å²) >= 11 is 0. The molecular formula is C14H26O4. The molecule has 0 aromatic rings. The quantitative estimate of drug-likeness (QED) is 0.471.